The van der Waals surface area contributed by atoms with Crippen molar-refractivity contribution in [1.29, 1.82) is 0 Å². The van der Waals surface area contributed by atoms with Crippen molar-refractivity contribution in [2.75, 3.05) is 26.2 Å². The summed E-state index contributed by atoms with van der Waals surface area (Å²) in [6.45, 7) is 9.32. The number of nitrogens with two attached hydrogens (primary N) is 1. The van der Waals surface area contributed by atoms with E-state index in [9.17, 15) is 0 Å². The third kappa shape index (κ3) is 2.96. The second kappa shape index (κ2) is 5.72. The van der Waals surface area contributed by atoms with Gasteiger partial charge >= 0.3 is 0 Å². The number of hydrogen-bond donors (Lipinski definition) is 1. The van der Waals surface area contributed by atoms with Gasteiger partial charge in [-0.3, -0.25) is 0 Å². The van der Waals surface area contributed by atoms with E-state index in [0.717, 1.165) is 13.0 Å². The molecule has 0 bridgehead atoms. The largest absolute Gasteiger partial charge is 0.330 e. The number of rotatable bonds is 7. The van der Waals surface area contributed by atoms with Crippen molar-refractivity contribution in [2.45, 2.75) is 46.0 Å². The van der Waals surface area contributed by atoms with Crippen LogP contribution in [0.3, 0.4) is 0 Å². The monoisotopic (exact) mass is 198 g/mol. The lowest BCUT2D eigenvalue weighted by Crippen LogP contribution is -2.56. The van der Waals surface area contributed by atoms with Crippen LogP contribution < -0.4 is 5.73 Å². The highest BCUT2D eigenvalue weighted by molar-refractivity contribution is 4.94. The molecule has 0 aromatic heterocycles. The summed E-state index contributed by atoms with van der Waals surface area (Å²) in [6.07, 6.45) is 6.67. The van der Waals surface area contributed by atoms with E-state index in [2.05, 4.69) is 18.7 Å². The first kappa shape index (κ1) is 12.0. The summed E-state index contributed by atoms with van der Waals surface area (Å²) in [6, 6.07) is 0. The van der Waals surface area contributed by atoms with Gasteiger partial charge in [0, 0.05) is 13.1 Å². The smallest absolute Gasteiger partial charge is 0.00505 e. The van der Waals surface area contributed by atoms with E-state index < -0.39 is 0 Å². The fourth-order valence-corrected chi connectivity index (χ4v) is 2.88. The molecule has 0 aliphatic carbocycles. The van der Waals surface area contributed by atoms with Gasteiger partial charge in [-0.15, -0.1) is 0 Å². The molecule has 1 aliphatic rings. The summed E-state index contributed by atoms with van der Waals surface area (Å²) in [5.74, 6) is 0. The molecule has 0 amide bonds. The average molecular weight is 198 g/mol. The van der Waals surface area contributed by atoms with Gasteiger partial charge in [0.05, 0.1) is 0 Å². The van der Waals surface area contributed by atoms with E-state index in [1.165, 1.54) is 45.3 Å². The molecule has 0 saturated carbocycles. The fourth-order valence-electron chi connectivity index (χ4n) is 2.88. The lowest BCUT2D eigenvalue weighted by Gasteiger charge is -2.51. The molecule has 1 heterocycles. The van der Waals surface area contributed by atoms with E-state index in [1.54, 1.807) is 0 Å². The zero-order valence-corrected chi connectivity index (χ0v) is 9.89. The lowest BCUT2D eigenvalue weighted by atomic mass is 9.72. The molecule has 2 N–H and O–H groups in total. The van der Waals surface area contributed by atoms with Crippen molar-refractivity contribution >= 4 is 0 Å². The first-order chi connectivity index (χ1) is 6.76. The molecule has 1 fully saturated rings. The zero-order valence-electron chi connectivity index (χ0n) is 9.89. The molecule has 0 aromatic rings. The second-order valence-corrected chi connectivity index (χ2v) is 4.85. The van der Waals surface area contributed by atoms with E-state index >= 15 is 0 Å². The number of likely N-dealkylation sites (tertiary alicyclic amines) is 1. The van der Waals surface area contributed by atoms with E-state index in [1.807, 2.05) is 0 Å². The average Bonchev–Trinajstić information content (AvgIpc) is 2.11. The Morgan fingerprint density at radius 1 is 1.14 bits per heavy atom. The maximum atomic E-state index is 5.51. The van der Waals surface area contributed by atoms with Crippen molar-refractivity contribution in [1.82, 2.24) is 4.90 Å². The van der Waals surface area contributed by atoms with Gasteiger partial charge in [0.15, 0.2) is 0 Å². The Kier molecular flexibility index (Phi) is 4.90. The molecular formula is C12H26N2. The van der Waals surface area contributed by atoms with Crippen molar-refractivity contribution in [3.05, 3.63) is 0 Å². The van der Waals surface area contributed by atoms with Crippen molar-refractivity contribution in [3.8, 4) is 0 Å². The van der Waals surface area contributed by atoms with Gasteiger partial charge in [-0.05, 0) is 37.8 Å². The lowest BCUT2D eigenvalue weighted by molar-refractivity contribution is -0.0144. The number of nitrogens with zero attached hydrogens (tertiary/aromatic N) is 1. The van der Waals surface area contributed by atoms with Crippen molar-refractivity contribution in [2.24, 2.45) is 11.1 Å². The Morgan fingerprint density at radius 2 is 1.71 bits per heavy atom. The van der Waals surface area contributed by atoms with Crippen LogP contribution in [0.25, 0.3) is 0 Å². The van der Waals surface area contributed by atoms with Crippen LogP contribution in [0.1, 0.15) is 46.0 Å². The highest BCUT2D eigenvalue weighted by Crippen LogP contribution is 2.39. The fraction of sp³-hybridized carbons (Fsp3) is 1.00. The molecule has 0 spiro atoms. The van der Waals surface area contributed by atoms with Gasteiger partial charge in [-0.2, -0.15) is 0 Å². The maximum Gasteiger partial charge on any atom is 0.00505 e. The van der Waals surface area contributed by atoms with Crippen LogP contribution in [-0.2, 0) is 0 Å². The van der Waals surface area contributed by atoms with Gasteiger partial charge < -0.3 is 10.6 Å². The van der Waals surface area contributed by atoms with Gasteiger partial charge in [-0.25, -0.2) is 0 Å². The Morgan fingerprint density at radius 3 is 2.14 bits per heavy atom. The highest BCUT2D eigenvalue weighted by Gasteiger charge is 2.40. The Bertz CT molecular complexity index is 142. The SMILES string of the molecule is CCCC1(CCC)CN(CCCN)C1. The summed E-state index contributed by atoms with van der Waals surface area (Å²) in [4.78, 5) is 2.57. The van der Waals surface area contributed by atoms with Gasteiger partial charge in [0.2, 0.25) is 0 Å². The van der Waals surface area contributed by atoms with Crippen LogP contribution >= 0.6 is 0 Å². The minimum absolute atomic E-state index is 0.679. The Balaban J connectivity index is 2.24. The third-order valence-electron chi connectivity index (χ3n) is 3.36. The molecule has 1 saturated heterocycles. The summed E-state index contributed by atoms with van der Waals surface area (Å²) < 4.78 is 0. The highest BCUT2D eigenvalue weighted by atomic mass is 15.2. The maximum absolute atomic E-state index is 5.51. The molecule has 14 heavy (non-hydrogen) atoms. The van der Waals surface area contributed by atoms with Crippen LogP contribution in [0, 0.1) is 5.41 Å². The summed E-state index contributed by atoms with van der Waals surface area (Å²) in [7, 11) is 0. The molecule has 0 unspecified atom stereocenters. The van der Waals surface area contributed by atoms with Gasteiger partial charge in [0.1, 0.15) is 0 Å². The molecule has 1 aliphatic heterocycles. The Hall–Kier alpha value is -0.0800. The second-order valence-electron chi connectivity index (χ2n) is 4.85. The van der Waals surface area contributed by atoms with Crippen LogP contribution in [0.4, 0.5) is 0 Å². The molecule has 2 nitrogen and oxygen atoms in total. The normalized spacial score (nSPS) is 20.8. The first-order valence-corrected chi connectivity index (χ1v) is 6.19. The topological polar surface area (TPSA) is 29.3 Å². The quantitative estimate of drug-likeness (QED) is 0.680. The summed E-state index contributed by atoms with van der Waals surface area (Å²) in [5, 5.41) is 0. The predicted octanol–water partition coefficient (Wildman–Crippen LogP) is 2.24. The minimum Gasteiger partial charge on any atom is -0.330 e. The van der Waals surface area contributed by atoms with E-state index in [4.69, 9.17) is 5.73 Å². The van der Waals surface area contributed by atoms with Crippen LogP contribution in [-0.4, -0.2) is 31.1 Å². The summed E-state index contributed by atoms with van der Waals surface area (Å²) in [5.41, 5.74) is 6.19. The molecule has 0 radical (unpaired) electrons. The van der Waals surface area contributed by atoms with Crippen LogP contribution in [0.5, 0.6) is 0 Å². The van der Waals surface area contributed by atoms with Crippen molar-refractivity contribution < 1.29 is 0 Å². The standard InChI is InChI=1S/C12H26N2/c1-3-6-12(7-4-2)10-14(11-12)9-5-8-13/h3-11,13H2,1-2H3. The van der Waals surface area contributed by atoms with E-state index in [-0.39, 0.29) is 0 Å². The van der Waals surface area contributed by atoms with Crippen LogP contribution in [0.2, 0.25) is 0 Å². The molecule has 84 valence electrons. The van der Waals surface area contributed by atoms with Crippen molar-refractivity contribution in [3.63, 3.8) is 0 Å². The molecule has 2 heteroatoms. The molecule has 1 rings (SSSR count). The van der Waals surface area contributed by atoms with Crippen LogP contribution in [0.15, 0.2) is 0 Å². The van der Waals surface area contributed by atoms with Gasteiger partial charge in [0.25, 0.3) is 0 Å². The van der Waals surface area contributed by atoms with E-state index in [0.29, 0.717) is 5.41 Å². The predicted molar refractivity (Wildman–Crippen MR) is 62.4 cm³/mol. The van der Waals surface area contributed by atoms with Gasteiger partial charge in [-0.1, -0.05) is 26.7 Å². The zero-order chi connectivity index (χ0) is 10.4. The Labute approximate surface area is 88.8 Å². The number of hydrogen-bond acceptors (Lipinski definition) is 2. The first-order valence-electron chi connectivity index (χ1n) is 6.19. The molecule has 0 atom stereocenters. The summed E-state index contributed by atoms with van der Waals surface area (Å²) >= 11 is 0. The minimum atomic E-state index is 0.679. The molecule has 0 aromatic carbocycles. The third-order valence-corrected chi connectivity index (χ3v) is 3.36. The molecular weight excluding hydrogens is 172 g/mol.